The van der Waals surface area contributed by atoms with Gasteiger partial charge in [-0.3, -0.25) is 10.2 Å². The molecule has 2 atom stereocenters. The third-order valence-corrected chi connectivity index (χ3v) is 3.39. The van der Waals surface area contributed by atoms with Gasteiger partial charge in [-0.25, -0.2) is 5.43 Å². The molecular weight excluding hydrogens is 248 g/mol. The van der Waals surface area contributed by atoms with Gasteiger partial charge in [0.2, 0.25) is 5.91 Å². The Balaban J connectivity index is 2.30. The Morgan fingerprint density at radius 3 is 2.63 bits per heavy atom. The van der Waals surface area contributed by atoms with Crippen LogP contribution in [0.3, 0.4) is 0 Å². The van der Waals surface area contributed by atoms with Crippen LogP contribution < -0.4 is 20.3 Å². The molecule has 0 radical (unpaired) electrons. The summed E-state index contributed by atoms with van der Waals surface area (Å²) >= 11 is 0. The fourth-order valence-electron chi connectivity index (χ4n) is 2.31. The fourth-order valence-corrected chi connectivity index (χ4v) is 2.31. The number of amides is 1. The number of rotatable bonds is 5. The number of hydrogen-bond donors (Lipinski definition) is 3. The zero-order chi connectivity index (χ0) is 13.8. The molecule has 2 rings (SSSR count). The average Bonchev–Trinajstić information content (AvgIpc) is 2.86. The summed E-state index contributed by atoms with van der Waals surface area (Å²) in [6.07, 6.45) is 0. The van der Waals surface area contributed by atoms with Crippen LogP contribution in [-0.4, -0.2) is 38.4 Å². The number of hydrazine groups is 1. The maximum Gasteiger partial charge on any atom is 0.239 e. The summed E-state index contributed by atoms with van der Waals surface area (Å²) in [4.78, 5) is 11.7. The average molecular weight is 266 g/mol. The second-order valence-electron chi connectivity index (χ2n) is 4.38. The highest BCUT2D eigenvalue weighted by Gasteiger charge is 2.33. The van der Waals surface area contributed by atoms with Crippen molar-refractivity contribution in [2.45, 2.75) is 5.92 Å². The quantitative estimate of drug-likeness (QED) is 0.700. The van der Waals surface area contributed by atoms with Crippen LogP contribution in [0, 0.1) is 5.92 Å². The molecule has 1 saturated heterocycles. The van der Waals surface area contributed by atoms with E-state index in [2.05, 4.69) is 10.9 Å². The number of nitrogens with one attached hydrogen (secondary N) is 2. The Morgan fingerprint density at radius 1 is 1.37 bits per heavy atom. The van der Waals surface area contributed by atoms with E-state index in [0.717, 1.165) is 5.56 Å². The number of carbonyl (C=O) groups excluding carboxylic acids is 1. The number of methoxy groups -OCH3 is 2. The van der Waals surface area contributed by atoms with Crippen LogP contribution in [0.4, 0.5) is 0 Å². The fraction of sp³-hybridized carbons (Fsp3) is 0.462. The molecule has 6 nitrogen and oxygen atoms in total. The summed E-state index contributed by atoms with van der Waals surface area (Å²) < 4.78 is 10.4. The number of ether oxygens (including phenoxy) is 2. The van der Waals surface area contributed by atoms with Gasteiger partial charge < -0.3 is 14.6 Å². The van der Waals surface area contributed by atoms with E-state index in [9.17, 15) is 9.90 Å². The van der Waals surface area contributed by atoms with Crippen molar-refractivity contribution >= 4 is 5.91 Å². The normalized spacial score (nSPS) is 19.9. The number of hydrogen-bond acceptors (Lipinski definition) is 5. The summed E-state index contributed by atoms with van der Waals surface area (Å²) in [6.45, 7) is 0.396. The van der Waals surface area contributed by atoms with Crippen LogP contribution in [0.2, 0.25) is 0 Å². The number of aliphatic hydroxyl groups excluding tert-OH is 1. The first-order chi connectivity index (χ1) is 9.21. The minimum atomic E-state index is -0.289. The SMILES string of the molecule is COc1ccc(C(CO)C2CNNC2=O)cc1OC. The van der Waals surface area contributed by atoms with E-state index in [0.29, 0.717) is 18.0 Å². The lowest BCUT2D eigenvalue weighted by Gasteiger charge is -2.20. The number of benzene rings is 1. The first-order valence-electron chi connectivity index (χ1n) is 6.06. The van der Waals surface area contributed by atoms with E-state index in [1.807, 2.05) is 6.07 Å². The largest absolute Gasteiger partial charge is 0.493 e. The second-order valence-corrected chi connectivity index (χ2v) is 4.38. The summed E-state index contributed by atoms with van der Waals surface area (Å²) in [6, 6.07) is 5.41. The Labute approximate surface area is 111 Å². The van der Waals surface area contributed by atoms with Crippen molar-refractivity contribution in [2.24, 2.45) is 5.92 Å². The van der Waals surface area contributed by atoms with Crippen molar-refractivity contribution in [3.05, 3.63) is 23.8 Å². The van der Waals surface area contributed by atoms with E-state index < -0.39 is 0 Å². The molecule has 1 amide bonds. The topological polar surface area (TPSA) is 79.8 Å². The van der Waals surface area contributed by atoms with Crippen molar-refractivity contribution in [2.75, 3.05) is 27.4 Å². The molecule has 104 valence electrons. The standard InChI is InChI=1S/C13H18N2O4/c1-18-11-4-3-8(5-12(11)19-2)10(7-16)9-6-14-15-13(9)17/h3-5,9-10,14,16H,6-7H2,1-2H3,(H,15,17). The van der Waals surface area contributed by atoms with Gasteiger partial charge in [-0.1, -0.05) is 6.07 Å². The summed E-state index contributed by atoms with van der Waals surface area (Å²) in [5.41, 5.74) is 6.19. The first kappa shape index (κ1) is 13.6. The lowest BCUT2D eigenvalue weighted by molar-refractivity contribution is -0.123. The lowest BCUT2D eigenvalue weighted by Crippen LogP contribution is -2.28. The Bertz CT molecular complexity index is 464. The molecule has 1 aromatic rings. The predicted octanol–water partition coefficient (Wildman–Crippen LogP) is 0.0303. The molecule has 19 heavy (non-hydrogen) atoms. The summed E-state index contributed by atoms with van der Waals surface area (Å²) in [5, 5.41) is 9.57. The molecule has 0 saturated carbocycles. The molecule has 6 heteroatoms. The lowest BCUT2D eigenvalue weighted by atomic mass is 9.86. The zero-order valence-corrected chi connectivity index (χ0v) is 11.0. The van der Waals surface area contributed by atoms with Gasteiger partial charge in [0.25, 0.3) is 0 Å². The molecular formula is C13H18N2O4. The first-order valence-corrected chi connectivity index (χ1v) is 6.06. The van der Waals surface area contributed by atoms with E-state index in [1.165, 1.54) is 0 Å². The van der Waals surface area contributed by atoms with Crippen LogP contribution in [-0.2, 0) is 4.79 Å². The van der Waals surface area contributed by atoms with Crippen LogP contribution in [0.5, 0.6) is 11.5 Å². The molecule has 1 aromatic carbocycles. The van der Waals surface area contributed by atoms with Crippen LogP contribution in [0.15, 0.2) is 18.2 Å². The van der Waals surface area contributed by atoms with Gasteiger partial charge in [0, 0.05) is 12.5 Å². The predicted molar refractivity (Wildman–Crippen MR) is 69.0 cm³/mol. The second kappa shape index (κ2) is 5.90. The molecule has 0 spiro atoms. The molecule has 1 aliphatic rings. The van der Waals surface area contributed by atoms with Gasteiger partial charge in [-0.15, -0.1) is 0 Å². The molecule has 0 aromatic heterocycles. The highest BCUT2D eigenvalue weighted by Crippen LogP contribution is 2.33. The monoisotopic (exact) mass is 266 g/mol. The van der Waals surface area contributed by atoms with Crippen molar-refractivity contribution in [3.63, 3.8) is 0 Å². The van der Waals surface area contributed by atoms with Crippen molar-refractivity contribution in [1.29, 1.82) is 0 Å². The van der Waals surface area contributed by atoms with E-state index in [1.54, 1.807) is 26.4 Å². The van der Waals surface area contributed by atoms with Crippen LogP contribution >= 0.6 is 0 Å². The van der Waals surface area contributed by atoms with E-state index in [4.69, 9.17) is 9.47 Å². The third kappa shape index (κ3) is 2.64. The van der Waals surface area contributed by atoms with Gasteiger partial charge in [0.1, 0.15) is 0 Å². The molecule has 0 bridgehead atoms. The van der Waals surface area contributed by atoms with Gasteiger partial charge in [0.15, 0.2) is 11.5 Å². The number of carbonyl (C=O) groups is 1. The molecule has 2 unspecified atom stereocenters. The minimum Gasteiger partial charge on any atom is -0.493 e. The summed E-state index contributed by atoms with van der Waals surface area (Å²) in [5.74, 6) is 0.550. The van der Waals surface area contributed by atoms with Crippen LogP contribution in [0.25, 0.3) is 0 Å². The van der Waals surface area contributed by atoms with E-state index in [-0.39, 0.29) is 24.3 Å². The minimum absolute atomic E-state index is 0.102. The maximum atomic E-state index is 11.7. The molecule has 0 aliphatic carbocycles. The Morgan fingerprint density at radius 2 is 2.11 bits per heavy atom. The molecule has 3 N–H and O–H groups in total. The van der Waals surface area contributed by atoms with Crippen molar-refractivity contribution < 1.29 is 19.4 Å². The Hall–Kier alpha value is -1.79. The van der Waals surface area contributed by atoms with Gasteiger partial charge in [-0.2, -0.15) is 0 Å². The molecule has 1 heterocycles. The van der Waals surface area contributed by atoms with Gasteiger partial charge in [-0.05, 0) is 17.7 Å². The highest BCUT2D eigenvalue weighted by molar-refractivity contribution is 5.81. The Kier molecular flexibility index (Phi) is 4.24. The maximum absolute atomic E-state index is 11.7. The van der Waals surface area contributed by atoms with Crippen molar-refractivity contribution in [3.8, 4) is 11.5 Å². The number of aliphatic hydroxyl groups is 1. The van der Waals surface area contributed by atoms with Crippen molar-refractivity contribution in [1.82, 2.24) is 10.9 Å². The van der Waals surface area contributed by atoms with Gasteiger partial charge in [0.05, 0.1) is 26.7 Å². The molecule has 1 aliphatic heterocycles. The highest BCUT2D eigenvalue weighted by atomic mass is 16.5. The van der Waals surface area contributed by atoms with Gasteiger partial charge >= 0.3 is 0 Å². The zero-order valence-electron chi connectivity index (χ0n) is 11.0. The van der Waals surface area contributed by atoms with E-state index >= 15 is 0 Å². The third-order valence-electron chi connectivity index (χ3n) is 3.39. The molecule has 1 fully saturated rings. The summed E-state index contributed by atoms with van der Waals surface area (Å²) in [7, 11) is 3.12. The smallest absolute Gasteiger partial charge is 0.239 e. The van der Waals surface area contributed by atoms with Crippen LogP contribution in [0.1, 0.15) is 11.5 Å².